The molecule has 0 aromatic heterocycles. The van der Waals surface area contributed by atoms with E-state index in [0.717, 1.165) is 17.5 Å². The maximum atomic E-state index is 13.4. The molecule has 26 heavy (non-hydrogen) atoms. The highest BCUT2D eigenvalue weighted by Gasteiger charge is 2.67. The Labute approximate surface area is 153 Å². The number of carbonyl (C=O) groups is 2. The van der Waals surface area contributed by atoms with Crippen molar-refractivity contribution < 1.29 is 14.3 Å². The van der Waals surface area contributed by atoms with Gasteiger partial charge in [-0.3, -0.25) is 9.59 Å². The van der Waals surface area contributed by atoms with Gasteiger partial charge in [0.2, 0.25) is 0 Å². The summed E-state index contributed by atoms with van der Waals surface area (Å²) in [4.78, 5) is 26.5. The van der Waals surface area contributed by atoms with E-state index in [4.69, 9.17) is 4.74 Å². The first-order valence-electron chi connectivity index (χ1n) is 9.19. The van der Waals surface area contributed by atoms with Gasteiger partial charge in [0.05, 0.1) is 17.9 Å². The zero-order valence-electron chi connectivity index (χ0n) is 14.8. The summed E-state index contributed by atoms with van der Waals surface area (Å²) in [5, 5.41) is 0. The second-order valence-corrected chi connectivity index (χ2v) is 6.99. The van der Waals surface area contributed by atoms with E-state index in [1.54, 1.807) is 6.92 Å². The Morgan fingerprint density at radius 3 is 2.42 bits per heavy atom. The molecule has 1 fully saturated rings. The van der Waals surface area contributed by atoms with Crippen LogP contribution in [0.2, 0.25) is 0 Å². The van der Waals surface area contributed by atoms with E-state index in [0.29, 0.717) is 6.61 Å². The lowest BCUT2D eigenvalue weighted by Gasteiger charge is -2.54. The van der Waals surface area contributed by atoms with Crippen molar-refractivity contribution in [1.82, 2.24) is 0 Å². The van der Waals surface area contributed by atoms with E-state index in [1.165, 1.54) is 0 Å². The number of Topliss-reactive ketones (excluding diaryl/α,β-unsaturated/α-hetero) is 1. The molecule has 3 heteroatoms. The summed E-state index contributed by atoms with van der Waals surface area (Å²) in [6, 6.07) is 19.3. The average molecular weight is 346 g/mol. The van der Waals surface area contributed by atoms with Gasteiger partial charge in [0.15, 0.2) is 0 Å². The summed E-state index contributed by atoms with van der Waals surface area (Å²) >= 11 is 0. The fraction of sp³-hybridized carbons (Fsp3) is 0.304. The molecule has 2 aromatic rings. The molecule has 0 saturated heterocycles. The lowest BCUT2D eigenvalue weighted by atomic mass is 9.45. The molecule has 4 atom stereocenters. The van der Waals surface area contributed by atoms with E-state index in [-0.39, 0.29) is 23.6 Å². The molecular weight excluding hydrogens is 324 g/mol. The van der Waals surface area contributed by atoms with Crippen molar-refractivity contribution in [3.8, 4) is 0 Å². The highest BCUT2D eigenvalue weighted by Crippen LogP contribution is 2.61. The third-order valence-electron chi connectivity index (χ3n) is 5.80. The van der Waals surface area contributed by atoms with Gasteiger partial charge >= 0.3 is 5.97 Å². The van der Waals surface area contributed by atoms with Gasteiger partial charge < -0.3 is 4.74 Å². The van der Waals surface area contributed by atoms with Gasteiger partial charge in [-0.15, -0.1) is 0 Å². The lowest BCUT2D eigenvalue weighted by Crippen LogP contribution is -2.63. The molecule has 2 unspecified atom stereocenters. The number of rotatable bonds is 5. The zero-order chi connectivity index (χ0) is 18.1. The molecule has 0 aliphatic heterocycles. The van der Waals surface area contributed by atoms with Gasteiger partial charge in [-0.1, -0.05) is 72.8 Å². The second-order valence-electron chi connectivity index (χ2n) is 6.99. The topological polar surface area (TPSA) is 43.4 Å². The quantitative estimate of drug-likeness (QED) is 0.606. The summed E-state index contributed by atoms with van der Waals surface area (Å²) in [6.45, 7) is 2.10. The first-order valence-corrected chi connectivity index (χ1v) is 9.19. The largest absolute Gasteiger partial charge is 0.465 e. The van der Waals surface area contributed by atoms with E-state index >= 15 is 0 Å². The molecule has 0 spiro atoms. The third-order valence-corrected chi connectivity index (χ3v) is 5.80. The van der Waals surface area contributed by atoms with Crippen LogP contribution in [0.15, 0.2) is 72.8 Å². The van der Waals surface area contributed by atoms with Crippen molar-refractivity contribution in [3.05, 3.63) is 83.9 Å². The molecule has 4 rings (SSSR count). The Morgan fingerprint density at radius 1 is 1.12 bits per heavy atom. The first kappa shape index (κ1) is 16.8. The van der Waals surface area contributed by atoms with Crippen LogP contribution in [0.3, 0.4) is 0 Å². The van der Waals surface area contributed by atoms with Crippen LogP contribution in [-0.2, 0) is 19.7 Å². The van der Waals surface area contributed by atoms with Crippen molar-refractivity contribution in [1.29, 1.82) is 0 Å². The number of allylic oxidation sites excluding steroid dienone is 2. The van der Waals surface area contributed by atoms with Crippen molar-refractivity contribution in [3.63, 3.8) is 0 Å². The molecule has 0 N–H and O–H groups in total. The van der Waals surface area contributed by atoms with Crippen LogP contribution in [0.5, 0.6) is 0 Å². The third kappa shape index (κ3) is 2.27. The van der Waals surface area contributed by atoms with Crippen molar-refractivity contribution in [2.75, 3.05) is 6.61 Å². The van der Waals surface area contributed by atoms with Crippen molar-refractivity contribution >= 4 is 11.8 Å². The number of fused-ring (bicyclic) bond motifs is 1. The fourth-order valence-corrected chi connectivity index (χ4v) is 4.77. The zero-order valence-corrected chi connectivity index (χ0v) is 14.8. The molecule has 2 aliphatic rings. The van der Waals surface area contributed by atoms with Crippen LogP contribution < -0.4 is 0 Å². The minimum absolute atomic E-state index is 0.0177. The Bertz CT molecular complexity index is 840. The fourth-order valence-electron chi connectivity index (χ4n) is 4.77. The number of hydrogen-bond acceptors (Lipinski definition) is 3. The number of ether oxygens (including phenoxy) is 1. The molecule has 132 valence electrons. The summed E-state index contributed by atoms with van der Waals surface area (Å²) in [6.07, 6.45) is 4.96. The average Bonchev–Trinajstić information content (AvgIpc) is 3.13. The van der Waals surface area contributed by atoms with E-state index in [9.17, 15) is 9.59 Å². The highest BCUT2D eigenvalue weighted by atomic mass is 16.5. The van der Waals surface area contributed by atoms with Crippen LogP contribution in [0.1, 0.15) is 30.4 Å². The smallest absolute Gasteiger partial charge is 0.314 e. The molecule has 0 bridgehead atoms. The Morgan fingerprint density at radius 2 is 1.77 bits per heavy atom. The second kappa shape index (κ2) is 6.56. The van der Waals surface area contributed by atoms with Gasteiger partial charge in [0, 0.05) is 11.8 Å². The van der Waals surface area contributed by atoms with Gasteiger partial charge in [-0.2, -0.15) is 0 Å². The summed E-state index contributed by atoms with van der Waals surface area (Å²) in [5.74, 6) is -0.791. The molecular formula is C23H22O3. The predicted octanol–water partition coefficient (Wildman–Crippen LogP) is 4.05. The van der Waals surface area contributed by atoms with Crippen LogP contribution in [-0.4, -0.2) is 18.4 Å². The van der Waals surface area contributed by atoms with Gasteiger partial charge in [0.25, 0.3) is 0 Å². The van der Waals surface area contributed by atoms with Crippen LogP contribution in [0, 0.1) is 11.8 Å². The number of ketones is 1. The van der Waals surface area contributed by atoms with Crippen LogP contribution in [0.4, 0.5) is 0 Å². The molecule has 0 radical (unpaired) electrons. The normalized spacial score (nSPS) is 27.5. The standard InChI is InChI=1S/C23H22O3/c1-2-26-22(25)20(16-10-5-3-6-11-16)23(17-12-7-4-8-13-17)19-15-9-14-18(19)21(23)24/h3-13,15,18-20H,2,14H2,1H3/t18-,19+,20?,23?/m0/s1. The summed E-state index contributed by atoms with van der Waals surface area (Å²) in [7, 11) is 0. The Hall–Kier alpha value is -2.68. The minimum atomic E-state index is -0.882. The van der Waals surface area contributed by atoms with Gasteiger partial charge in [-0.25, -0.2) is 0 Å². The Balaban J connectivity index is 1.93. The summed E-state index contributed by atoms with van der Waals surface area (Å²) < 4.78 is 5.44. The van der Waals surface area contributed by atoms with E-state index in [2.05, 4.69) is 12.2 Å². The predicted molar refractivity (Wildman–Crippen MR) is 99.7 cm³/mol. The van der Waals surface area contributed by atoms with Gasteiger partial charge in [0.1, 0.15) is 5.78 Å². The maximum absolute atomic E-state index is 13.4. The molecule has 0 heterocycles. The first-order chi connectivity index (χ1) is 12.7. The number of benzene rings is 2. The van der Waals surface area contributed by atoms with Crippen LogP contribution >= 0.6 is 0 Å². The minimum Gasteiger partial charge on any atom is -0.465 e. The highest BCUT2D eigenvalue weighted by molar-refractivity contribution is 6.05. The monoisotopic (exact) mass is 346 g/mol. The van der Waals surface area contributed by atoms with Crippen LogP contribution in [0.25, 0.3) is 0 Å². The van der Waals surface area contributed by atoms with Gasteiger partial charge in [-0.05, 0) is 24.5 Å². The molecule has 3 nitrogen and oxygen atoms in total. The molecule has 2 aliphatic carbocycles. The molecule has 2 aromatic carbocycles. The SMILES string of the molecule is CCOC(=O)C(c1ccccc1)C1(c2ccccc2)C(=O)[C@H]2CC=C[C@H]21. The number of esters is 1. The summed E-state index contributed by atoms with van der Waals surface area (Å²) in [5.41, 5.74) is 0.855. The lowest BCUT2D eigenvalue weighted by molar-refractivity contribution is -0.158. The maximum Gasteiger partial charge on any atom is 0.314 e. The van der Waals surface area contributed by atoms with Crippen molar-refractivity contribution in [2.45, 2.75) is 24.7 Å². The number of hydrogen-bond donors (Lipinski definition) is 0. The number of carbonyl (C=O) groups excluding carboxylic acids is 2. The molecule has 0 amide bonds. The van der Waals surface area contributed by atoms with E-state index in [1.807, 2.05) is 60.7 Å². The molecule has 1 saturated carbocycles. The van der Waals surface area contributed by atoms with Crippen molar-refractivity contribution in [2.24, 2.45) is 11.8 Å². The Kier molecular flexibility index (Phi) is 4.23. The van der Waals surface area contributed by atoms with E-state index < -0.39 is 11.3 Å².